The highest BCUT2D eigenvalue weighted by atomic mass is 35.5. The quantitative estimate of drug-likeness (QED) is 0.855. The molecule has 0 aliphatic rings. The van der Waals surface area contributed by atoms with E-state index in [2.05, 4.69) is 5.32 Å². The molecule has 2 aromatic rings. The molecule has 1 amide bonds. The van der Waals surface area contributed by atoms with Crippen LogP contribution in [0.15, 0.2) is 48.5 Å². The van der Waals surface area contributed by atoms with Crippen LogP contribution in [0, 0.1) is 0 Å². The number of anilines is 1. The monoisotopic (exact) mass is 317 g/mol. The molecule has 0 aliphatic heterocycles. The maximum atomic E-state index is 11.8. The summed E-state index contributed by atoms with van der Waals surface area (Å²) in [5.74, 6) is -1.02. The van der Waals surface area contributed by atoms with Gasteiger partial charge in [0.25, 0.3) is 5.91 Å². The molecule has 0 bridgehead atoms. The second kappa shape index (κ2) is 7.61. The summed E-state index contributed by atoms with van der Waals surface area (Å²) < 4.78 is 4.96. The van der Waals surface area contributed by atoms with Crippen LogP contribution >= 0.6 is 11.6 Å². The molecule has 1 N–H and O–H groups in total. The third-order valence-electron chi connectivity index (χ3n) is 3.05. The Kier molecular flexibility index (Phi) is 5.55. The van der Waals surface area contributed by atoms with Gasteiger partial charge in [-0.1, -0.05) is 42.8 Å². The Balaban J connectivity index is 1.90. The van der Waals surface area contributed by atoms with E-state index in [1.807, 2.05) is 25.1 Å². The molecular weight excluding hydrogens is 302 g/mol. The second-order valence-electron chi connectivity index (χ2n) is 4.66. The largest absolute Gasteiger partial charge is 0.452 e. The van der Waals surface area contributed by atoms with E-state index in [0.29, 0.717) is 10.7 Å². The number of carbonyl (C=O) groups excluding carboxylic acids is 2. The molecular formula is C17H16ClNO3. The summed E-state index contributed by atoms with van der Waals surface area (Å²) in [6.07, 6.45) is 0.880. The second-order valence-corrected chi connectivity index (χ2v) is 5.07. The van der Waals surface area contributed by atoms with Gasteiger partial charge in [0, 0.05) is 5.69 Å². The molecule has 0 atom stereocenters. The van der Waals surface area contributed by atoms with Crippen LogP contribution in [0.3, 0.4) is 0 Å². The number of amides is 1. The first kappa shape index (κ1) is 16.0. The Morgan fingerprint density at radius 1 is 1.14 bits per heavy atom. The van der Waals surface area contributed by atoms with E-state index < -0.39 is 11.9 Å². The van der Waals surface area contributed by atoms with Crippen molar-refractivity contribution in [2.45, 2.75) is 13.3 Å². The van der Waals surface area contributed by atoms with Crippen LogP contribution in [-0.4, -0.2) is 18.5 Å². The fourth-order valence-electron chi connectivity index (χ4n) is 1.90. The van der Waals surface area contributed by atoms with Gasteiger partial charge in [-0.25, -0.2) is 4.79 Å². The van der Waals surface area contributed by atoms with Gasteiger partial charge in [0.05, 0.1) is 10.6 Å². The standard InChI is InChI=1S/C17H16ClNO3/c1-2-12-6-5-7-13(10-12)19-16(20)11-22-17(21)14-8-3-4-9-15(14)18/h3-10H,2,11H2,1H3,(H,19,20). The number of esters is 1. The molecule has 0 spiro atoms. The minimum absolute atomic E-state index is 0.241. The van der Waals surface area contributed by atoms with Crippen molar-refractivity contribution in [3.8, 4) is 0 Å². The summed E-state index contributed by atoms with van der Waals surface area (Å²) in [6, 6.07) is 14.0. The van der Waals surface area contributed by atoms with Crippen LogP contribution < -0.4 is 5.32 Å². The molecule has 22 heavy (non-hydrogen) atoms. The van der Waals surface area contributed by atoms with E-state index in [9.17, 15) is 9.59 Å². The molecule has 0 saturated heterocycles. The Labute approximate surface area is 134 Å². The van der Waals surface area contributed by atoms with Gasteiger partial charge in [0.1, 0.15) is 0 Å². The highest BCUT2D eigenvalue weighted by molar-refractivity contribution is 6.33. The predicted molar refractivity (Wildman–Crippen MR) is 86.2 cm³/mol. The van der Waals surface area contributed by atoms with E-state index in [1.54, 1.807) is 30.3 Å². The van der Waals surface area contributed by atoms with Crippen molar-refractivity contribution < 1.29 is 14.3 Å². The number of benzene rings is 2. The van der Waals surface area contributed by atoms with Crippen LogP contribution in [-0.2, 0) is 16.0 Å². The molecule has 0 heterocycles. The van der Waals surface area contributed by atoms with E-state index in [4.69, 9.17) is 16.3 Å². The zero-order chi connectivity index (χ0) is 15.9. The minimum Gasteiger partial charge on any atom is -0.452 e. The molecule has 0 unspecified atom stereocenters. The van der Waals surface area contributed by atoms with Gasteiger partial charge in [-0.05, 0) is 36.2 Å². The van der Waals surface area contributed by atoms with Crippen molar-refractivity contribution >= 4 is 29.2 Å². The van der Waals surface area contributed by atoms with Gasteiger partial charge >= 0.3 is 5.97 Å². The summed E-state index contributed by atoms with van der Waals surface area (Å²) in [4.78, 5) is 23.6. The Morgan fingerprint density at radius 2 is 1.91 bits per heavy atom. The average molecular weight is 318 g/mol. The molecule has 0 saturated carbocycles. The van der Waals surface area contributed by atoms with Crippen LogP contribution in [0.2, 0.25) is 5.02 Å². The highest BCUT2D eigenvalue weighted by Gasteiger charge is 2.13. The SMILES string of the molecule is CCc1cccc(NC(=O)COC(=O)c2ccccc2Cl)c1. The lowest BCUT2D eigenvalue weighted by atomic mass is 10.1. The van der Waals surface area contributed by atoms with Crippen molar-refractivity contribution in [1.29, 1.82) is 0 Å². The van der Waals surface area contributed by atoms with Crippen LogP contribution in [0.25, 0.3) is 0 Å². The topological polar surface area (TPSA) is 55.4 Å². The number of hydrogen-bond acceptors (Lipinski definition) is 3. The molecule has 0 fully saturated rings. The van der Waals surface area contributed by atoms with E-state index in [0.717, 1.165) is 12.0 Å². The summed E-state index contributed by atoms with van der Waals surface area (Å²) >= 11 is 5.90. The van der Waals surface area contributed by atoms with Crippen LogP contribution in [0.4, 0.5) is 5.69 Å². The van der Waals surface area contributed by atoms with Crippen LogP contribution in [0.1, 0.15) is 22.8 Å². The Hall–Kier alpha value is -2.33. The molecule has 5 heteroatoms. The number of ether oxygens (including phenoxy) is 1. The van der Waals surface area contributed by atoms with Gasteiger partial charge in [-0.3, -0.25) is 4.79 Å². The number of nitrogens with one attached hydrogen (secondary N) is 1. The average Bonchev–Trinajstić information content (AvgIpc) is 2.53. The summed E-state index contributed by atoms with van der Waals surface area (Å²) in [6.45, 7) is 1.67. The van der Waals surface area contributed by atoms with Crippen molar-refractivity contribution in [3.63, 3.8) is 0 Å². The lowest BCUT2D eigenvalue weighted by Crippen LogP contribution is -2.21. The van der Waals surface area contributed by atoms with Gasteiger partial charge < -0.3 is 10.1 Å². The molecule has 4 nitrogen and oxygen atoms in total. The van der Waals surface area contributed by atoms with Crippen molar-refractivity contribution in [2.24, 2.45) is 0 Å². The minimum atomic E-state index is -0.622. The van der Waals surface area contributed by atoms with Gasteiger partial charge in [-0.2, -0.15) is 0 Å². The summed E-state index contributed by atoms with van der Waals surface area (Å²) in [7, 11) is 0. The van der Waals surface area contributed by atoms with Crippen LogP contribution in [0.5, 0.6) is 0 Å². The fraction of sp³-hybridized carbons (Fsp3) is 0.176. The molecule has 0 aromatic heterocycles. The number of carbonyl (C=O) groups is 2. The number of rotatable bonds is 5. The maximum absolute atomic E-state index is 11.8. The maximum Gasteiger partial charge on any atom is 0.340 e. The van der Waals surface area contributed by atoms with Crippen molar-refractivity contribution in [3.05, 3.63) is 64.7 Å². The fourth-order valence-corrected chi connectivity index (χ4v) is 2.11. The summed E-state index contributed by atoms with van der Waals surface area (Å²) in [5.41, 5.74) is 2.04. The smallest absolute Gasteiger partial charge is 0.340 e. The number of halogens is 1. The lowest BCUT2D eigenvalue weighted by Gasteiger charge is -2.08. The molecule has 114 valence electrons. The Morgan fingerprint density at radius 3 is 2.64 bits per heavy atom. The third-order valence-corrected chi connectivity index (χ3v) is 3.38. The zero-order valence-corrected chi connectivity index (χ0v) is 12.9. The van der Waals surface area contributed by atoms with Gasteiger partial charge in [0.15, 0.2) is 6.61 Å². The molecule has 0 radical (unpaired) electrons. The van der Waals surface area contributed by atoms with E-state index in [-0.39, 0.29) is 12.2 Å². The first-order valence-corrected chi connectivity index (χ1v) is 7.28. The van der Waals surface area contributed by atoms with E-state index in [1.165, 1.54) is 0 Å². The van der Waals surface area contributed by atoms with E-state index >= 15 is 0 Å². The lowest BCUT2D eigenvalue weighted by molar-refractivity contribution is -0.119. The molecule has 0 aliphatic carbocycles. The number of aryl methyl sites for hydroxylation is 1. The third kappa shape index (κ3) is 4.33. The van der Waals surface area contributed by atoms with Gasteiger partial charge in [0.2, 0.25) is 0 Å². The normalized spacial score (nSPS) is 10.1. The zero-order valence-electron chi connectivity index (χ0n) is 12.1. The van der Waals surface area contributed by atoms with Gasteiger partial charge in [-0.15, -0.1) is 0 Å². The van der Waals surface area contributed by atoms with Crippen molar-refractivity contribution in [1.82, 2.24) is 0 Å². The Bertz CT molecular complexity index is 685. The molecule has 2 aromatic carbocycles. The highest BCUT2D eigenvalue weighted by Crippen LogP contribution is 2.16. The predicted octanol–water partition coefficient (Wildman–Crippen LogP) is 3.70. The first-order valence-electron chi connectivity index (χ1n) is 6.90. The number of hydrogen-bond donors (Lipinski definition) is 1. The summed E-state index contributed by atoms with van der Waals surface area (Å²) in [5, 5.41) is 2.98. The van der Waals surface area contributed by atoms with Crippen molar-refractivity contribution in [2.75, 3.05) is 11.9 Å². The molecule has 2 rings (SSSR count). The first-order chi connectivity index (χ1) is 10.6.